The van der Waals surface area contributed by atoms with Crippen LogP contribution in [0.2, 0.25) is 0 Å². The van der Waals surface area contributed by atoms with Gasteiger partial charge in [-0.25, -0.2) is 9.55 Å². The number of benzene rings is 2. The number of nitrogens with one attached hydrogen (secondary N) is 1. The van der Waals surface area contributed by atoms with Crippen LogP contribution in [0.1, 0.15) is 52.5 Å². The molecule has 0 aliphatic heterocycles. The third-order valence-electron chi connectivity index (χ3n) is 8.73. The monoisotopic (exact) mass is 714 g/mol. The minimum Gasteiger partial charge on any atom is -0.464 e. The third kappa shape index (κ3) is 10.8. The zero-order chi connectivity index (χ0) is 36.3. The van der Waals surface area contributed by atoms with Crippen molar-refractivity contribution in [3.05, 3.63) is 78.6 Å². The Bertz CT molecular complexity index is 1720. The van der Waals surface area contributed by atoms with Crippen molar-refractivity contribution in [3.63, 3.8) is 0 Å². The first kappa shape index (κ1) is 38.9. The normalized spacial score (nSPS) is 16.5. The number of nitrogens with two attached hydrogens (primary N) is 1. The molecule has 2 heterocycles. The summed E-state index contributed by atoms with van der Waals surface area (Å²) >= 11 is 0. The molecule has 50 heavy (non-hydrogen) atoms. The Morgan fingerprint density at radius 2 is 1.78 bits per heavy atom. The number of nitrogen functional groups attached to an aromatic ring is 1. The molecule has 0 bridgehead atoms. The number of anilines is 1. The molecule has 0 aliphatic carbocycles. The first-order valence-electron chi connectivity index (χ1n) is 16.7. The van der Waals surface area contributed by atoms with Gasteiger partial charge >= 0.3 is 19.8 Å². The van der Waals surface area contributed by atoms with E-state index in [9.17, 15) is 18.9 Å². The molecule has 13 nitrogen and oxygen atoms in total. The first-order valence-corrected chi connectivity index (χ1v) is 18.2. The summed E-state index contributed by atoms with van der Waals surface area (Å²) in [4.78, 5) is 25.0. The summed E-state index contributed by atoms with van der Waals surface area (Å²) in [5, 5.41) is 14.2. The van der Waals surface area contributed by atoms with E-state index in [2.05, 4.69) is 40.8 Å². The van der Waals surface area contributed by atoms with Crippen LogP contribution in [0.4, 0.5) is 10.2 Å². The maximum Gasteiger partial charge on any atom is 0.459 e. The standard InChI is InChI=1S/C35H48FN6O7P/c1-6-24(2)19-25(3)17-18-47-33(44)28(20-26-13-9-7-10-14-26)41-50(45,49-27-15-11-8-12-16-27)48-22-35(4,46-5)29(43)21-42-23-38-30-31(37)39-34(36)40-32(30)42/h7-16,23-25,28-29,43H,6,17-22H2,1-5H3,(H,41,45)(H2,37,39,40)/t24?,25?,28-,29-,35+,50?/m0/s1. The van der Waals surface area contributed by atoms with Gasteiger partial charge in [0.15, 0.2) is 11.5 Å². The number of methoxy groups -OCH3 is 1. The van der Waals surface area contributed by atoms with Gasteiger partial charge in [0.05, 0.1) is 26.1 Å². The lowest BCUT2D eigenvalue weighted by Crippen LogP contribution is -2.48. The van der Waals surface area contributed by atoms with Gasteiger partial charge in [0.1, 0.15) is 29.0 Å². The molecular formula is C35H48FN6O7P. The van der Waals surface area contributed by atoms with Gasteiger partial charge in [0.2, 0.25) is 0 Å². The highest BCUT2D eigenvalue weighted by molar-refractivity contribution is 7.52. The minimum atomic E-state index is -4.38. The fourth-order valence-corrected chi connectivity index (χ4v) is 6.90. The van der Waals surface area contributed by atoms with Crippen molar-refractivity contribution in [3.8, 4) is 5.75 Å². The topological polar surface area (TPSA) is 173 Å². The van der Waals surface area contributed by atoms with E-state index in [4.69, 9.17) is 24.3 Å². The Hall–Kier alpha value is -3.94. The summed E-state index contributed by atoms with van der Waals surface area (Å²) in [7, 11) is -3.03. The minimum absolute atomic E-state index is 0.0738. The predicted molar refractivity (Wildman–Crippen MR) is 188 cm³/mol. The van der Waals surface area contributed by atoms with Crippen LogP contribution in [0.3, 0.4) is 0 Å². The largest absolute Gasteiger partial charge is 0.464 e. The molecule has 4 N–H and O–H groups in total. The van der Waals surface area contributed by atoms with Crippen LogP contribution in [-0.4, -0.2) is 68.7 Å². The van der Waals surface area contributed by atoms with Crippen molar-refractivity contribution in [2.45, 2.75) is 77.7 Å². The highest BCUT2D eigenvalue weighted by Crippen LogP contribution is 2.46. The lowest BCUT2D eigenvalue weighted by atomic mass is 9.93. The van der Waals surface area contributed by atoms with Crippen molar-refractivity contribution >= 4 is 30.7 Å². The van der Waals surface area contributed by atoms with E-state index in [1.54, 1.807) is 37.3 Å². The second kappa shape index (κ2) is 17.8. The number of aliphatic hydroxyl groups is 1. The molecule has 4 aromatic rings. The zero-order valence-electron chi connectivity index (χ0n) is 29.2. The number of para-hydroxylation sites is 1. The Morgan fingerprint density at radius 1 is 1.10 bits per heavy atom. The van der Waals surface area contributed by atoms with Gasteiger partial charge in [0.25, 0.3) is 0 Å². The molecule has 272 valence electrons. The molecular weight excluding hydrogens is 666 g/mol. The zero-order valence-corrected chi connectivity index (χ0v) is 30.1. The molecule has 0 saturated carbocycles. The van der Waals surface area contributed by atoms with Gasteiger partial charge in [-0.3, -0.25) is 9.32 Å². The SMILES string of the molecule is CCC(C)CC(C)CCOC(=O)[C@H](Cc1ccccc1)NP(=O)(OC[C@@](C)(OC)[C@@H](O)Cn1cnc2c(N)nc(F)nc21)Oc1ccccc1. The van der Waals surface area contributed by atoms with Gasteiger partial charge in [0, 0.05) is 7.11 Å². The summed E-state index contributed by atoms with van der Waals surface area (Å²) in [6.45, 7) is 7.60. The molecule has 3 unspecified atom stereocenters. The molecule has 0 saturated heterocycles. The van der Waals surface area contributed by atoms with E-state index >= 15 is 0 Å². The summed E-state index contributed by atoms with van der Waals surface area (Å²) in [6, 6.07) is 16.5. The highest BCUT2D eigenvalue weighted by Gasteiger charge is 2.41. The van der Waals surface area contributed by atoms with Crippen molar-refractivity contribution in [2.24, 2.45) is 11.8 Å². The quantitative estimate of drug-likeness (QED) is 0.0578. The summed E-state index contributed by atoms with van der Waals surface area (Å²) < 4.78 is 53.2. The maximum absolute atomic E-state index is 14.6. The molecule has 15 heteroatoms. The Morgan fingerprint density at radius 3 is 2.44 bits per heavy atom. The highest BCUT2D eigenvalue weighted by atomic mass is 31.2. The smallest absolute Gasteiger partial charge is 0.459 e. The van der Waals surface area contributed by atoms with Crippen LogP contribution >= 0.6 is 7.75 Å². The summed E-state index contributed by atoms with van der Waals surface area (Å²) in [6.07, 6.45) is 1.89. The number of nitrogens with zero attached hydrogens (tertiary/aromatic N) is 4. The molecule has 0 radical (unpaired) electrons. The fourth-order valence-electron chi connectivity index (χ4n) is 5.32. The maximum atomic E-state index is 14.6. The van der Waals surface area contributed by atoms with E-state index in [1.807, 2.05) is 30.3 Å². The number of aromatic nitrogens is 4. The van der Waals surface area contributed by atoms with Crippen molar-refractivity contribution in [2.75, 3.05) is 26.1 Å². The Balaban J connectivity index is 1.55. The van der Waals surface area contributed by atoms with Crippen molar-refractivity contribution in [1.82, 2.24) is 24.6 Å². The molecule has 2 aromatic carbocycles. The lowest BCUT2D eigenvalue weighted by molar-refractivity contribution is -0.146. The van der Waals surface area contributed by atoms with Crippen LogP contribution in [0.5, 0.6) is 5.75 Å². The summed E-state index contributed by atoms with van der Waals surface area (Å²) in [5.74, 6) is 0.389. The average molecular weight is 715 g/mol. The van der Waals surface area contributed by atoms with Crippen molar-refractivity contribution < 1.29 is 37.4 Å². The second-order valence-electron chi connectivity index (χ2n) is 12.8. The average Bonchev–Trinajstić information content (AvgIpc) is 3.50. The van der Waals surface area contributed by atoms with Gasteiger partial charge in [-0.05, 0) is 55.7 Å². The Kier molecular flexibility index (Phi) is 13.8. The second-order valence-corrected chi connectivity index (χ2v) is 14.5. The van der Waals surface area contributed by atoms with Gasteiger partial charge in [-0.2, -0.15) is 19.4 Å². The number of carbonyl (C=O) groups is 1. The van der Waals surface area contributed by atoms with Crippen LogP contribution in [-0.2, 0) is 36.3 Å². The van der Waals surface area contributed by atoms with Crippen LogP contribution < -0.4 is 15.3 Å². The van der Waals surface area contributed by atoms with Crippen LogP contribution in [0.25, 0.3) is 11.2 Å². The molecule has 2 aromatic heterocycles. The third-order valence-corrected chi connectivity index (χ3v) is 10.3. The number of carbonyl (C=O) groups excluding carboxylic acids is 1. The van der Waals surface area contributed by atoms with E-state index < -0.39 is 44.1 Å². The number of imidazole rings is 1. The van der Waals surface area contributed by atoms with Crippen molar-refractivity contribution in [1.29, 1.82) is 0 Å². The van der Waals surface area contributed by atoms with Crippen LogP contribution in [0.15, 0.2) is 67.0 Å². The number of hydrogen-bond acceptors (Lipinski definition) is 11. The van der Waals surface area contributed by atoms with E-state index in [1.165, 1.54) is 18.0 Å². The predicted octanol–water partition coefficient (Wildman–Crippen LogP) is 5.72. The summed E-state index contributed by atoms with van der Waals surface area (Å²) in [5.41, 5.74) is 5.33. The number of rotatable bonds is 20. The molecule has 0 amide bonds. The Labute approximate surface area is 292 Å². The van der Waals surface area contributed by atoms with E-state index in [0.717, 1.165) is 18.4 Å². The van der Waals surface area contributed by atoms with E-state index in [0.29, 0.717) is 18.3 Å². The first-order chi connectivity index (χ1) is 23.8. The molecule has 0 fully saturated rings. The fraction of sp³-hybridized carbons (Fsp3) is 0.486. The van der Waals surface area contributed by atoms with E-state index in [-0.39, 0.29) is 42.3 Å². The number of ether oxygens (including phenoxy) is 2. The number of esters is 1. The number of aliphatic hydroxyl groups excluding tert-OH is 1. The van der Waals surface area contributed by atoms with Gasteiger partial charge in [-0.15, -0.1) is 0 Å². The molecule has 6 atom stereocenters. The lowest BCUT2D eigenvalue weighted by Gasteiger charge is -2.34. The number of fused-ring (bicyclic) bond motifs is 1. The molecule has 4 rings (SSSR count). The van der Waals surface area contributed by atoms with Gasteiger partial charge < -0.3 is 29.4 Å². The van der Waals surface area contributed by atoms with Gasteiger partial charge in [-0.1, -0.05) is 75.7 Å². The molecule has 0 aliphatic rings. The molecule has 0 spiro atoms. The number of halogens is 1. The number of hydrogen-bond donors (Lipinski definition) is 3. The van der Waals surface area contributed by atoms with Crippen LogP contribution in [0, 0.1) is 17.9 Å².